The average Bonchev–Trinajstić information content (AvgIpc) is 2.23. The molecule has 0 aliphatic rings. The van der Waals surface area contributed by atoms with Crippen LogP contribution in [0.25, 0.3) is 0 Å². The van der Waals surface area contributed by atoms with E-state index in [0.717, 1.165) is 16.7 Å². The van der Waals surface area contributed by atoms with E-state index in [9.17, 15) is 4.79 Å². The van der Waals surface area contributed by atoms with Crippen LogP contribution in [0.2, 0.25) is 0 Å². The largest absolute Gasteiger partial charge is 0.459 e. The molecule has 94 valence electrons. The second kappa shape index (κ2) is 4.91. The number of rotatable bonds is 2. The van der Waals surface area contributed by atoms with Gasteiger partial charge in [0.1, 0.15) is 0 Å². The van der Waals surface area contributed by atoms with Gasteiger partial charge in [-0.25, -0.2) is 4.79 Å². The lowest BCUT2D eigenvalue weighted by Gasteiger charge is -2.18. The maximum Gasteiger partial charge on any atom is 0.338 e. The molecule has 0 heterocycles. The van der Waals surface area contributed by atoms with Crippen LogP contribution < -0.4 is 0 Å². The van der Waals surface area contributed by atoms with Gasteiger partial charge in [-0.2, -0.15) is 0 Å². The normalized spacial score (nSPS) is 10.8. The molecule has 0 spiro atoms. The third-order valence-electron chi connectivity index (χ3n) is 3.55. The second-order valence-electron chi connectivity index (χ2n) is 4.95. The van der Waals surface area contributed by atoms with Crippen molar-refractivity contribution in [3.05, 3.63) is 33.4 Å². The number of esters is 1. The lowest BCUT2D eigenvalue weighted by atomic mass is 9.90. The first-order chi connectivity index (χ1) is 7.77. The first-order valence-corrected chi connectivity index (χ1v) is 6.05. The molecule has 1 aromatic carbocycles. The van der Waals surface area contributed by atoms with E-state index in [1.54, 1.807) is 0 Å². The van der Waals surface area contributed by atoms with E-state index in [1.807, 2.05) is 27.7 Å². The minimum Gasteiger partial charge on any atom is -0.459 e. The summed E-state index contributed by atoms with van der Waals surface area (Å²) in [6.07, 6.45) is -0.0804. The molecule has 0 saturated heterocycles. The highest BCUT2D eigenvalue weighted by Gasteiger charge is 2.19. The van der Waals surface area contributed by atoms with Gasteiger partial charge in [0.15, 0.2) is 0 Å². The molecule has 0 aromatic heterocycles. The molecule has 0 aliphatic heterocycles. The van der Waals surface area contributed by atoms with Gasteiger partial charge < -0.3 is 4.74 Å². The van der Waals surface area contributed by atoms with Gasteiger partial charge in [0.25, 0.3) is 0 Å². The Labute approximate surface area is 104 Å². The molecular weight excluding hydrogens is 212 g/mol. The van der Waals surface area contributed by atoms with E-state index < -0.39 is 0 Å². The van der Waals surface area contributed by atoms with Gasteiger partial charge in [0.05, 0.1) is 11.7 Å². The summed E-state index contributed by atoms with van der Waals surface area (Å²) in [7, 11) is 0. The molecule has 1 aromatic rings. The summed E-state index contributed by atoms with van der Waals surface area (Å²) in [4.78, 5) is 12.1. The fraction of sp³-hybridized carbons (Fsp3) is 0.533. The summed E-state index contributed by atoms with van der Waals surface area (Å²) in [6.45, 7) is 13.9. The topological polar surface area (TPSA) is 26.3 Å². The first kappa shape index (κ1) is 13.8. The summed E-state index contributed by atoms with van der Waals surface area (Å²) in [5.74, 6) is -0.207. The number of carbonyl (C=O) groups excluding carboxylic acids is 1. The standard InChI is InChI=1S/C15H22O2/c1-8(2)17-15(16)14-12(6)10(4)9(3)11(5)13(14)7/h8H,1-7H3. The van der Waals surface area contributed by atoms with Crippen LogP contribution in [0.5, 0.6) is 0 Å². The van der Waals surface area contributed by atoms with Crippen molar-refractivity contribution in [1.82, 2.24) is 0 Å². The predicted octanol–water partition coefficient (Wildman–Crippen LogP) is 3.79. The Morgan fingerprint density at radius 1 is 0.824 bits per heavy atom. The smallest absolute Gasteiger partial charge is 0.338 e. The van der Waals surface area contributed by atoms with Crippen LogP contribution in [0.1, 0.15) is 52.0 Å². The first-order valence-electron chi connectivity index (χ1n) is 6.05. The monoisotopic (exact) mass is 234 g/mol. The van der Waals surface area contributed by atoms with Gasteiger partial charge in [0.2, 0.25) is 0 Å². The summed E-state index contributed by atoms with van der Waals surface area (Å²) in [5, 5.41) is 0. The Kier molecular flexibility index (Phi) is 3.97. The predicted molar refractivity (Wildman–Crippen MR) is 70.7 cm³/mol. The van der Waals surface area contributed by atoms with E-state index in [0.29, 0.717) is 0 Å². The molecule has 0 bridgehead atoms. The van der Waals surface area contributed by atoms with Crippen molar-refractivity contribution in [3.63, 3.8) is 0 Å². The molecule has 0 aliphatic carbocycles. The molecule has 2 nitrogen and oxygen atoms in total. The summed E-state index contributed by atoms with van der Waals surface area (Å²) in [6, 6.07) is 0. The molecule has 0 fully saturated rings. The maximum absolute atomic E-state index is 12.1. The Bertz CT molecular complexity index is 427. The highest BCUT2D eigenvalue weighted by molar-refractivity contribution is 5.93. The third-order valence-corrected chi connectivity index (χ3v) is 3.55. The van der Waals surface area contributed by atoms with E-state index in [4.69, 9.17) is 4.74 Å². The van der Waals surface area contributed by atoms with Crippen LogP contribution in [-0.2, 0) is 4.74 Å². The molecule has 0 saturated carbocycles. The Balaban J connectivity index is 3.39. The Morgan fingerprint density at radius 3 is 1.53 bits per heavy atom. The highest BCUT2D eigenvalue weighted by atomic mass is 16.5. The van der Waals surface area contributed by atoms with E-state index in [-0.39, 0.29) is 12.1 Å². The minimum atomic E-state index is -0.207. The van der Waals surface area contributed by atoms with E-state index >= 15 is 0 Å². The lowest BCUT2D eigenvalue weighted by molar-refractivity contribution is 0.0376. The number of benzene rings is 1. The number of carbonyl (C=O) groups is 1. The molecule has 0 radical (unpaired) electrons. The van der Waals surface area contributed by atoms with Crippen molar-refractivity contribution in [2.45, 2.75) is 54.6 Å². The zero-order chi connectivity index (χ0) is 13.3. The van der Waals surface area contributed by atoms with Crippen molar-refractivity contribution in [2.24, 2.45) is 0 Å². The van der Waals surface area contributed by atoms with Crippen molar-refractivity contribution >= 4 is 5.97 Å². The van der Waals surface area contributed by atoms with Crippen molar-refractivity contribution < 1.29 is 9.53 Å². The van der Waals surface area contributed by atoms with Crippen LogP contribution in [0.3, 0.4) is 0 Å². The Morgan fingerprint density at radius 2 is 1.18 bits per heavy atom. The Hall–Kier alpha value is -1.31. The molecule has 0 atom stereocenters. The molecule has 2 heteroatoms. The van der Waals surface area contributed by atoms with Gasteiger partial charge >= 0.3 is 5.97 Å². The second-order valence-corrected chi connectivity index (χ2v) is 4.95. The van der Waals surface area contributed by atoms with E-state index in [1.165, 1.54) is 16.7 Å². The molecule has 0 N–H and O–H groups in total. The van der Waals surface area contributed by atoms with Crippen LogP contribution in [0, 0.1) is 34.6 Å². The zero-order valence-electron chi connectivity index (χ0n) is 11.9. The van der Waals surface area contributed by atoms with Crippen LogP contribution in [0.15, 0.2) is 0 Å². The highest BCUT2D eigenvalue weighted by Crippen LogP contribution is 2.26. The van der Waals surface area contributed by atoms with Crippen molar-refractivity contribution in [3.8, 4) is 0 Å². The zero-order valence-corrected chi connectivity index (χ0v) is 11.9. The number of ether oxygens (including phenoxy) is 1. The molecular formula is C15H22O2. The van der Waals surface area contributed by atoms with Crippen LogP contribution >= 0.6 is 0 Å². The maximum atomic E-state index is 12.1. The van der Waals surface area contributed by atoms with Gasteiger partial charge in [0, 0.05) is 0 Å². The van der Waals surface area contributed by atoms with Crippen LogP contribution in [0.4, 0.5) is 0 Å². The van der Waals surface area contributed by atoms with Crippen LogP contribution in [-0.4, -0.2) is 12.1 Å². The van der Waals surface area contributed by atoms with Gasteiger partial charge in [-0.3, -0.25) is 0 Å². The lowest BCUT2D eigenvalue weighted by Crippen LogP contribution is -2.16. The molecule has 17 heavy (non-hydrogen) atoms. The van der Waals surface area contributed by atoms with Crippen molar-refractivity contribution in [1.29, 1.82) is 0 Å². The molecule has 0 amide bonds. The third kappa shape index (κ3) is 2.51. The fourth-order valence-electron chi connectivity index (χ4n) is 2.08. The van der Waals surface area contributed by atoms with Crippen molar-refractivity contribution in [2.75, 3.05) is 0 Å². The molecule has 0 unspecified atom stereocenters. The number of hydrogen-bond donors (Lipinski definition) is 0. The quantitative estimate of drug-likeness (QED) is 0.728. The summed E-state index contributed by atoms with van der Waals surface area (Å²) >= 11 is 0. The van der Waals surface area contributed by atoms with Gasteiger partial charge in [-0.1, -0.05) is 0 Å². The SMILES string of the molecule is Cc1c(C)c(C)c(C(=O)OC(C)C)c(C)c1C. The van der Waals surface area contributed by atoms with Gasteiger partial charge in [-0.15, -0.1) is 0 Å². The number of hydrogen-bond acceptors (Lipinski definition) is 2. The minimum absolute atomic E-state index is 0.0804. The average molecular weight is 234 g/mol. The summed E-state index contributed by atoms with van der Waals surface area (Å²) in [5.41, 5.74) is 6.44. The van der Waals surface area contributed by atoms with Gasteiger partial charge in [-0.05, 0) is 76.3 Å². The van der Waals surface area contributed by atoms with E-state index in [2.05, 4.69) is 20.8 Å². The summed E-state index contributed by atoms with van der Waals surface area (Å²) < 4.78 is 5.31. The fourth-order valence-corrected chi connectivity index (χ4v) is 2.08. The molecule has 1 rings (SSSR count).